The van der Waals surface area contributed by atoms with E-state index >= 15 is 0 Å². The fourth-order valence-electron chi connectivity index (χ4n) is 2.04. The molecule has 0 unspecified atom stereocenters. The lowest BCUT2D eigenvalue weighted by Crippen LogP contribution is -2.38. The van der Waals surface area contributed by atoms with E-state index in [4.69, 9.17) is 0 Å². The van der Waals surface area contributed by atoms with Crippen molar-refractivity contribution >= 4 is 21.8 Å². The number of rotatable bonds is 2. The molecule has 1 fully saturated rings. The number of likely N-dealkylation sites (tertiary alicyclic amines) is 1. The average molecular weight is 297 g/mol. The SMILES string of the molecule is CC1CCN(C(=O)Cc2ccc(Br)cn2)CC1. The number of pyridine rings is 1. The summed E-state index contributed by atoms with van der Waals surface area (Å²) in [7, 11) is 0. The van der Waals surface area contributed by atoms with Crippen LogP contribution in [0.4, 0.5) is 0 Å². The van der Waals surface area contributed by atoms with Gasteiger partial charge in [0.05, 0.1) is 6.42 Å². The number of nitrogens with zero attached hydrogens (tertiary/aromatic N) is 2. The summed E-state index contributed by atoms with van der Waals surface area (Å²) in [5.74, 6) is 0.955. The second-order valence-corrected chi connectivity index (χ2v) is 5.62. The molecule has 0 spiro atoms. The van der Waals surface area contributed by atoms with Crippen molar-refractivity contribution in [2.45, 2.75) is 26.2 Å². The molecule has 0 bridgehead atoms. The molecule has 0 saturated carbocycles. The number of carbonyl (C=O) groups excluding carboxylic acids is 1. The Labute approximate surface area is 110 Å². The van der Waals surface area contributed by atoms with Crippen LogP contribution in [0, 0.1) is 5.92 Å². The molecular formula is C13H17BrN2O. The normalized spacial score (nSPS) is 17.2. The number of hydrogen-bond donors (Lipinski definition) is 0. The summed E-state index contributed by atoms with van der Waals surface area (Å²) >= 11 is 3.34. The molecule has 0 radical (unpaired) electrons. The van der Waals surface area contributed by atoms with Crippen LogP contribution in [0.2, 0.25) is 0 Å². The van der Waals surface area contributed by atoms with E-state index in [0.29, 0.717) is 6.42 Å². The summed E-state index contributed by atoms with van der Waals surface area (Å²) in [4.78, 5) is 18.2. The van der Waals surface area contributed by atoms with Gasteiger partial charge in [-0.3, -0.25) is 9.78 Å². The van der Waals surface area contributed by atoms with Crippen molar-refractivity contribution in [1.29, 1.82) is 0 Å². The van der Waals surface area contributed by atoms with Gasteiger partial charge in [-0.15, -0.1) is 0 Å². The van der Waals surface area contributed by atoms with Gasteiger partial charge in [-0.05, 0) is 46.8 Å². The van der Waals surface area contributed by atoms with E-state index in [0.717, 1.165) is 42.0 Å². The van der Waals surface area contributed by atoms with Gasteiger partial charge in [-0.25, -0.2) is 0 Å². The van der Waals surface area contributed by atoms with Crippen molar-refractivity contribution in [1.82, 2.24) is 9.88 Å². The molecule has 1 aliphatic heterocycles. The molecule has 0 aliphatic carbocycles. The average Bonchev–Trinajstić information content (AvgIpc) is 2.33. The van der Waals surface area contributed by atoms with Crippen LogP contribution in [0.15, 0.2) is 22.8 Å². The van der Waals surface area contributed by atoms with Gasteiger partial charge < -0.3 is 4.90 Å². The first-order valence-electron chi connectivity index (χ1n) is 6.03. The standard InChI is InChI=1S/C13H17BrN2O/c1-10-4-6-16(7-5-10)13(17)8-12-3-2-11(14)9-15-12/h2-3,9-10H,4-8H2,1H3. The molecule has 1 saturated heterocycles. The highest BCUT2D eigenvalue weighted by molar-refractivity contribution is 9.10. The number of aromatic nitrogens is 1. The van der Waals surface area contributed by atoms with Crippen molar-refractivity contribution in [2.75, 3.05) is 13.1 Å². The summed E-state index contributed by atoms with van der Waals surface area (Å²) in [5, 5.41) is 0. The fraction of sp³-hybridized carbons (Fsp3) is 0.538. The molecule has 2 heterocycles. The smallest absolute Gasteiger partial charge is 0.228 e. The molecule has 2 rings (SSSR count). The monoisotopic (exact) mass is 296 g/mol. The maximum absolute atomic E-state index is 12.0. The van der Waals surface area contributed by atoms with Crippen LogP contribution in [-0.4, -0.2) is 28.9 Å². The van der Waals surface area contributed by atoms with Gasteiger partial charge in [0, 0.05) is 29.5 Å². The van der Waals surface area contributed by atoms with E-state index in [1.165, 1.54) is 0 Å². The number of amides is 1. The van der Waals surface area contributed by atoms with Crippen LogP contribution in [0.3, 0.4) is 0 Å². The number of hydrogen-bond acceptors (Lipinski definition) is 2. The first-order valence-corrected chi connectivity index (χ1v) is 6.82. The quantitative estimate of drug-likeness (QED) is 0.841. The largest absolute Gasteiger partial charge is 0.342 e. The van der Waals surface area contributed by atoms with Gasteiger partial charge in [0.1, 0.15) is 0 Å². The summed E-state index contributed by atoms with van der Waals surface area (Å²) in [6.45, 7) is 4.05. The zero-order chi connectivity index (χ0) is 12.3. The molecule has 0 atom stereocenters. The molecule has 17 heavy (non-hydrogen) atoms. The topological polar surface area (TPSA) is 33.2 Å². The predicted octanol–water partition coefficient (Wildman–Crippen LogP) is 2.65. The molecule has 3 nitrogen and oxygen atoms in total. The van der Waals surface area contributed by atoms with E-state index in [9.17, 15) is 4.79 Å². The van der Waals surface area contributed by atoms with E-state index in [-0.39, 0.29) is 5.91 Å². The van der Waals surface area contributed by atoms with Crippen molar-refractivity contribution in [3.8, 4) is 0 Å². The molecule has 0 aromatic carbocycles. The summed E-state index contributed by atoms with van der Waals surface area (Å²) in [6.07, 6.45) is 4.40. The first-order chi connectivity index (χ1) is 8.15. The van der Waals surface area contributed by atoms with Gasteiger partial charge >= 0.3 is 0 Å². The minimum atomic E-state index is 0.201. The molecule has 1 aromatic rings. The zero-order valence-corrected chi connectivity index (χ0v) is 11.6. The number of carbonyl (C=O) groups is 1. The second-order valence-electron chi connectivity index (χ2n) is 4.71. The maximum Gasteiger partial charge on any atom is 0.228 e. The van der Waals surface area contributed by atoms with Crippen molar-refractivity contribution in [3.63, 3.8) is 0 Å². The molecule has 1 aromatic heterocycles. The molecule has 1 amide bonds. The highest BCUT2D eigenvalue weighted by atomic mass is 79.9. The fourth-order valence-corrected chi connectivity index (χ4v) is 2.27. The van der Waals surface area contributed by atoms with Crippen molar-refractivity contribution in [3.05, 3.63) is 28.5 Å². The molecule has 92 valence electrons. The molecular weight excluding hydrogens is 280 g/mol. The lowest BCUT2D eigenvalue weighted by atomic mass is 9.99. The van der Waals surface area contributed by atoms with Gasteiger partial charge in [0.2, 0.25) is 5.91 Å². The first kappa shape index (κ1) is 12.6. The predicted molar refractivity (Wildman–Crippen MR) is 70.6 cm³/mol. The molecule has 0 N–H and O–H groups in total. The van der Waals surface area contributed by atoms with E-state index in [1.54, 1.807) is 6.20 Å². The minimum Gasteiger partial charge on any atom is -0.342 e. The third kappa shape index (κ3) is 3.53. The minimum absolute atomic E-state index is 0.201. The van der Waals surface area contributed by atoms with Gasteiger partial charge in [-0.1, -0.05) is 6.92 Å². The van der Waals surface area contributed by atoms with Crippen LogP contribution >= 0.6 is 15.9 Å². The Morgan fingerprint density at radius 1 is 1.47 bits per heavy atom. The maximum atomic E-state index is 12.0. The number of piperidine rings is 1. The van der Waals surface area contributed by atoms with Gasteiger partial charge in [0.25, 0.3) is 0 Å². The highest BCUT2D eigenvalue weighted by Gasteiger charge is 2.20. The lowest BCUT2D eigenvalue weighted by molar-refractivity contribution is -0.131. The van der Waals surface area contributed by atoms with Crippen molar-refractivity contribution < 1.29 is 4.79 Å². The van der Waals surface area contributed by atoms with Gasteiger partial charge in [-0.2, -0.15) is 0 Å². The molecule has 4 heteroatoms. The highest BCUT2D eigenvalue weighted by Crippen LogP contribution is 2.17. The number of halogens is 1. The summed E-state index contributed by atoms with van der Waals surface area (Å²) in [5.41, 5.74) is 0.844. The van der Waals surface area contributed by atoms with Crippen molar-refractivity contribution in [2.24, 2.45) is 5.92 Å². The lowest BCUT2D eigenvalue weighted by Gasteiger charge is -2.30. The molecule has 1 aliphatic rings. The van der Waals surface area contributed by atoms with E-state index in [2.05, 4.69) is 27.8 Å². The third-order valence-corrected chi connectivity index (χ3v) is 3.73. The Balaban J connectivity index is 1.90. The Hall–Kier alpha value is -0.900. The Morgan fingerprint density at radius 2 is 2.18 bits per heavy atom. The second kappa shape index (κ2) is 5.63. The van der Waals surface area contributed by atoms with Crippen LogP contribution in [0.1, 0.15) is 25.5 Å². The van der Waals surface area contributed by atoms with Crippen LogP contribution in [-0.2, 0) is 11.2 Å². The summed E-state index contributed by atoms with van der Waals surface area (Å²) < 4.78 is 0.945. The van der Waals surface area contributed by atoms with Crippen LogP contribution < -0.4 is 0 Å². The van der Waals surface area contributed by atoms with E-state index in [1.807, 2.05) is 17.0 Å². The van der Waals surface area contributed by atoms with Gasteiger partial charge in [0.15, 0.2) is 0 Å². The third-order valence-electron chi connectivity index (χ3n) is 3.26. The Kier molecular flexibility index (Phi) is 4.15. The van der Waals surface area contributed by atoms with Crippen LogP contribution in [0.5, 0.6) is 0 Å². The van der Waals surface area contributed by atoms with Crippen LogP contribution in [0.25, 0.3) is 0 Å². The zero-order valence-electron chi connectivity index (χ0n) is 10.0. The van der Waals surface area contributed by atoms with E-state index < -0.39 is 0 Å². The summed E-state index contributed by atoms with van der Waals surface area (Å²) in [6, 6.07) is 3.82. The Bertz CT molecular complexity index is 383. The Morgan fingerprint density at radius 3 is 2.76 bits per heavy atom.